The number of thioether (sulfide) groups is 1. The number of nitrogens with one attached hydrogen (secondary N) is 1. The van der Waals surface area contributed by atoms with E-state index in [0.29, 0.717) is 11.3 Å². The van der Waals surface area contributed by atoms with Crippen molar-refractivity contribution in [3.63, 3.8) is 0 Å². The van der Waals surface area contributed by atoms with Crippen LogP contribution in [0.3, 0.4) is 0 Å². The molecule has 0 heterocycles. The molecular weight excluding hydrogens is 274 g/mol. The molecule has 3 rings (SSSR count). The van der Waals surface area contributed by atoms with Gasteiger partial charge < -0.3 is 5.32 Å². The molecule has 0 spiro atoms. The Bertz CT molecular complexity index is 581. The van der Waals surface area contributed by atoms with E-state index in [9.17, 15) is 0 Å². The Morgan fingerprint density at radius 3 is 2.48 bits per heavy atom. The van der Waals surface area contributed by atoms with Crippen LogP contribution in [0.5, 0.6) is 0 Å². The Morgan fingerprint density at radius 1 is 0.905 bits per heavy atom. The van der Waals surface area contributed by atoms with Crippen LogP contribution < -0.4 is 5.32 Å². The summed E-state index contributed by atoms with van der Waals surface area (Å²) in [4.78, 5) is 1.42. The Labute approximate surface area is 132 Å². The van der Waals surface area contributed by atoms with Crippen LogP contribution >= 0.6 is 11.8 Å². The number of fused-ring (bicyclic) bond motifs is 1. The highest BCUT2D eigenvalue weighted by molar-refractivity contribution is 8.00. The van der Waals surface area contributed by atoms with Gasteiger partial charge in [0.05, 0.1) is 0 Å². The molecular formula is C19H25NS. The molecule has 0 aliphatic heterocycles. The van der Waals surface area contributed by atoms with Crippen LogP contribution in [-0.4, -0.2) is 18.3 Å². The second-order valence-corrected chi connectivity index (χ2v) is 7.36. The van der Waals surface area contributed by atoms with Gasteiger partial charge in [-0.2, -0.15) is 0 Å². The average Bonchev–Trinajstić information content (AvgIpc) is 2.50. The Morgan fingerprint density at radius 2 is 1.67 bits per heavy atom. The minimum Gasteiger partial charge on any atom is -0.316 e. The van der Waals surface area contributed by atoms with Crippen molar-refractivity contribution in [3.8, 4) is 0 Å². The minimum atomic E-state index is 0.654. The van der Waals surface area contributed by atoms with E-state index < -0.39 is 0 Å². The summed E-state index contributed by atoms with van der Waals surface area (Å²) in [5.74, 6) is 0. The molecule has 1 N–H and O–H groups in total. The van der Waals surface area contributed by atoms with Crippen LogP contribution in [0.15, 0.2) is 47.4 Å². The zero-order valence-corrected chi connectivity index (χ0v) is 13.7. The highest BCUT2D eigenvalue weighted by atomic mass is 32.2. The highest BCUT2D eigenvalue weighted by Crippen LogP contribution is 2.33. The largest absolute Gasteiger partial charge is 0.316 e. The Hall–Kier alpha value is -0.990. The van der Waals surface area contributed by atoms with Gasteiger partial charge in [0.2, 0.25) is 0 Å². The van der Waals surface area contributed by atoms with Crippen LogP contribution in [0.2, 0.25) is 0 Å². The van der Waals surface area contributed by atoms with Gasteiger partial charge in [-0.25, -0.2) is 0 Å². The second-order valence-electron chi connectivity index (χ2n) is 6.05. The molecule has 21 heavy (non-hydrogen) atoms. The van der Waals surface area contributed by atoms with E-state index >= 15 is 0 Å². The van der Waals surface area contributed by atoms with Crippen molar-refractivity contribution in [1.82, 2.24) is 5.32 Å². The molecule has 2 aromatic rings. The van der Waals surface area contributed by atoms with Gasteiger partial charge in [0.1, 0.15) is 0 Å². The molecule has 0 saturated heterocycles. The number of rotatable bonds is 3. The van der Waals surface area contributed by atoms with Gasteiger partial charge in [-0.3, -0.25) is 0 Å². The SMILES string of the molecule is CNC1CCCCCCC1Sc1ccc2ccccc2c1. The lowest BCUT2D eigenvalue weighted by Gasteiger charge is -2.28. The Balaban J connectivity index is 1.77. The van der Waals surface area contributed by atoms with Crippen LogP contribution in [0.25, 0.3) is 10.8 Å². The fourth-order valence-corrected chi connectivity index (χ4v) is 4.75. The van der Waals surface area contributed by atoms with Gasteiger partial charge in [-0.05, 0) is 42.8 Å². The van der Waals surface area contributed by atoms with Crippen molar-refractivity contribution in [2.75, 3.05) is 7.05 Å². The summed E-state index contributed by atoms with van der Waals surface area (Å²) < 4.78 is 0. The molecule has 0 bridgehead atoms. The van der Waals surface area contributed by atoms with Crippen molar-refractivity contribution in [2.45, 2.75) is 54.7 Å². The van der Waals surface area contributed by atoms with Crippen molar-refractivity contribution in [3.05, 3.63) is 42.5 Å². The molecule has 2 aromatic carbocycles. The predicted molar refractivity (Wildman–Crippen MR) is 94.1 cm³/mol. The van der Waals surface area contributed by atoms with Crippen molar-refractivity contribution in [2.24, 2.45) is 0 Å². The van der Waals surface area contributed by atoms with E-state index in [1.807, 2.05) is 0 Å². The van der Waals surface area contributed by atoms with Gasteiger partial charge in [-0.15, -0.1) is 11.8 Å². The lowest BCUT2D eigenvalue weighted by atomic mass is 9.96. The van der Waals surface area contributed by atoms with Gasteiger partial charge in [0.25, 0.3) is 0 Å². The summed E-state index contributed by atoms with van der Waals surface area (Å²) in [6.45, 7) is 0. The summed E-state index contributed by atoms with van der Waals surface area (Å²) in [5.41, 5.74) is 0. The van der Waals surface area contributed by atoms with Gasteiger partial charge in [0.15, 0.2) is 0 Å². The molecule has 2 atom stereocenters. The average molecular weight is 299 g/mol. The maximum atomic E-state index is 3.56. The summed E-state index contributed by atoms with van der Waals surface area (Å²) in [6, 6.07) is 16.2. The number of benzene rings is 2. The first-order valence-electron chi connectivity index (χ1n) is 8.19. The van der Waals surface area contributed by atoms with Crippen LogP contribution in [0.4, 0.5) is 0 Å². The molecule has 0 amide bonds. The summed E-state index contributed by atoms with van der Waals surface area (Å²) in [5, 5.41) is 6.96. The zero-order valence-electron chi connectivity index (χ0n) is 12.8. The summed E-state index contributed by atoms with van der Waals surface area (Å²) in [7, 11) is 2.13. The van der Waals surface area contributed by atoms with Gasteiger partial charge in [-0.1, -0.05) is 56.0 Å². The van der Waals surface area contributed by atoms with E-state index in [0.717, 1.165) is 0 Å². The number of hydrogen-bond acceptors (Lipinski definition) is 2. The number of hydrogen-bond donors (Lipinski definition) is 1. The highest BCUT2D eigenvalue weighted by Gasteiger charge is 2.22. The zero-order chi connectivity index (χ0) is 14.5. The lowest BCUT2D eigenvalue weighted by molar-refractivity contribution is 0.420. The van der Waals surface area contributed by atoms with E-state index in [-0.39, 0.29) is 0 Å². The molecule has 1 fully saturated rings. The Kier molecular flexibility index (Phi) is 5.21. The third-order valence-electron chi connectivity index (χ3n) is 4.58. The van der Waals surface area contributed by atoms with Crippen LogP contribution in [-0.2, 0) is 0 Å². The predicted octanol–water partition coefficient (Wildman–Crippen LogP) is 5.24. The lowest BCUT2D eigenvalue weighted by Crippen LogP contribution is -2.36. The summed E-state index contributed by atoms with van der Waals surface area (Å²) >= 11 is 2.07. The monoisotopic (exact) mass is 299 g/mol. The maximum Gasteiger partial charge on any atom is 0.0248 e. The van der Waals surface area contributed by atoms with E-state index in [2.05, 4.69) is 66.6 Å². The topological polar surface area (TPSA) is 12.0 Å². The normalized spacial score (nSPS) is 23.7. The standard InChI is InChI=1S/C19H25NS/c1-20-18-10-4-2-3-5-11-19(18)21-17-13-12-15-8-6-7-9-16(15)14-17/h6-9,12-14,18-20H,2-5,10-11H2,1H3. The summed E-state index contributed by atoms with van der Waals surface area (Å²) in [6.07, 6.45) is 8.23. The molecule has 112 valence electrons. The van der Waals surface area contributed by atoms with Crippen molar-refractivity contribution < 1.29 is 0 Å². The van der Waals surface area contributed by atoms with Crippen LogP contribution in [0.1, 0.15) is 38.5 Å². The van der Waals surface area contributed by atoms with Crippen molar-refractivity contribution in [1.29, 1.82) is 0 Å². The molecule has 0 radical (unpaired) electrons. The quantitative estimate of drug-likeness (QED) is 0.831. The molecule has 1 aliphatic rings. The fourth-order valence-electron chi connectivity index (χ4n) is 3.34. The molecule has 0 aromatic heterocycles. The molecule has 2 unspecified atom stereocenters. The molecule has 1 saturated carbocycles. The maximum absolute atomic E-state index is 3.56. The van der Waals surface area contributed by atoms with E-state index in [1.54, 1.807) is 0 Å². The van der Waals surface area contributed by atoms with Gasteiger partial charge in [0, 0.05) is 16.2 Å². The third kappa shape index (κ3) is 3.81. The molecule has 2 heteroatoms. The smallest absolute Gasteiger partial charge is 0.0248 e. The van der Waals surface area contributed by atoms with Crippen molar-refractivity contribution >= 4 is 22.5 Å². The minimum absolute atomic E-state index is 0.654. The van der Waals surface area contributed by atoms with Crippen LogP contribution in [0, 0.1) is 0 Å². The fraction of sp³-hybridized carbons (Fsp3) is 0.474. The first-order valence-corrected chi connectivity index (χ1v) is 9.07. The first-order chi connectivity index (χ1) is 10.4. The van der Waals surface area contributed by atoms with E-state index in [4.69, 9.17) is 0 Å². The third-order valence-corrected chi connectivity index (χ3v) is 5.97. The molecule has 1 nitrogen and oxygen atoms in total. The first kappa shape index (κ1) is 14.9. The van der Waals surface area contributed by atoms with Gasteiger partial charge >= 0.3 is 0 Å². The molecule has 1 aliphatic carbocycles. The van der Waals surface area contributed by atoms with E-state index in [1.165, 1.54) is 54.2 Å². The second kappa shape index (κ2) is 7.33.